The van der Waals surface area contributed by atoms with Crippen LogP contribution in [0.15, 0.2) is 16.5 Å². The number of hydrogen-bond donors (Lipinski definition) is 1. The zero-order valence-corrected chi connectivity index (χ0v) is 8.12. The summed E-state index contributed by atoms with van der Waals surface area (Å²) in [7, 11) is 1.66. The van der Waals surface area contributed by atoms with Gasteiger partial charge in [-0.3, -0.25) is 0 Å². The van der Waals surface area contributed by atoms with Crippen LogP contribution in [0.1, 0.15) is 30.5 Å². The van der Waals surface area contributed by atoms with E-state index in [1.54, 1.807) is 7.11 Å². The minimum absolute atomic E-state index is 0.496. The molecule has 0 aliphatic heterocycles. The average Bonchev–Trinajstić information content (AvgIpc) is 2.52. The molecule has 0 aromatic carbocycles. The van der Waals surface area contributed by atoms with Crippen molar-refractivity contribution >= 4 is 0 Å². The number of furan rings is 1. The van der Waals surface area contributed by atoms with Gasteiger partial charge in [0, 0.05) is 13.7 Å². The maximum atomic E-state index is 9.61. The molecule has 1 heterocycles. The Bertz CT molecular complexity index is 242. The van der Waals surface area contributed by atoms with Gasteiger partial charge in [-0.2, -0.15) is 0 Å². The van der Waals surface area contributed by atoms with E-state index in [2.05, 4.69) is 0 Å². The molecule has 0 fully saturated rings. The van der Waals surface area contributed by atoms with Crippen LogP contribution in [-0.4, -0.2) is 18.8 Å². The number of rotatable bonds is 5. The van der Waals surface area contributed by atoms with Crippen molar-refractivity contribution in [1.82, 2.24) is 0 Å². The van der Waals surface area contributed by atoms with E-state index >= 15 is 0 Å². The van der Waals surface area contributed by atoms with Crippen LogP contribution in [0.2, 0.25) is 0 Å². The van der Waals surface area contributed by atoms with Crippen molar-refractivity contribution in [2.45, 2.75) is 25.9 Å². The molecular formula is C10H16O3. The fraction of sp³-hybridized carbons (Fsp3) is 0.600. The quantitative estimate of drug-likeness (QED) is 0.712. The Balaban J connectivity index is 2.35. The van der Waals surface area contributed by atoms with Gasteiger partial charge in [0.2, 0.25) is 0 Å². The monoisotopic (exact) mass is 184 g/mol. The first-order valence-corrected chi connectivity index (χ1v) is 4.47. The molecule has 13 heavy (non-hydrogen) atoms. The third-order valence-corrected chi connectivity index (χ3v) is 1.92. The summed E-state index contributed by atoms with van der Waals surface area (Å²) in [5, 5.41) is 9.61. The maximum Gasteiger partial charge on any atom is 0.132 e. The summed E-state index contributed by atoms with van der Waals surface area (Å²) in [6.45, 7) is 2.54. The Morgan fingerprint density at radius 1 is 1.54 bits per heavy atom. The summed E-state index contributed by atoms with van der Waals surface area (Å²) in [5.74, 6) is 1.48. The van der Waals surface area contributed by atoms with Crippen molar-refractivity contribution in [2.24, 2.45) is 0 Å². The zero-order valence-electron chi connectivity index (χ0n) is 8.12. The van der Waals surface area contributed by atoms with Gasteiger partial charge in [-0.1, -0.05) is 0 Å². The van der Waals surface area contributed by atoms with Gasteiger partial charge in [0.05, 0.1) is 0 Å². The molecule has 1 N–H and O–H groups in total. The zero-order chi connectivity index (χ0) is 9.68. The highest BCUT2D eigenvalue weighted by molar-refractivity contribution is 5.07. The van der Waals surface area contributed by atoms with Crippen LogP contribution in [0.25, 0.3) is 0 Å². The summed E-state index contributed by atoms with van der Waals surface area (Å²) in [5.41, 5.74) is 0. The van der Waals surface area contributed by atoms with Crippen molar-refractivity contribution in [3.05, 3.63) is 23.7 Å². The van der Waals surface area contributed by atoms with E-state index in [0.717, 1.165) is 12.2 Å². The second kappa shape index (κ2) is 5.04. The number of methoxy groups -OCH3 is 1. The second-order valence-electron chi connectivity index (χ2n) is 3.10. The molecule has 74 valence electrons. The van der Waals surface area contributed by atoms with Gasteiger partial charge in [-0.05, 0) is 31.9 Å². The van der Waals surface area contributed by atoms with Crippen LogP contribution in [0.5, 0.6) is 0 Å². The summed E-state index contributed by atoms with van der Waals surface area (Å²) >= 11 is 0. The number of ether oxygens (including phenoxy) is 1. The summed E-state index contributed by atoms with van der Waals surface area (Å²) in [6.07, 6.45) is 1.03. The molecule has 1 rings (SSSR count). The van der Waals surface area contributed by atoms with Crippen LogP contribution in [0.4, 0.5) is 0 Å². The minimum Gasteiger partial charge on any atom is -0.464 e. The largest absolute Gasteiger partial charge is 0.464 e. The third kappa shape index (κ3) is 3.20. The summed E-state index contributed by atoms with van der Waals surface area (Å²) in [6, 6.07) is 3.67. The maximum absolute atomic E-state index is 9.61. The highest BCUT2D eigenvalue weighted by Crippen LogP contribution is 2.20. The molecule has 0 saturated carbocycles. The van der Waals surface area contributed by atoms with Crippen LogP contribution in [0.3, 0.4) is 0 Å². The minimum atomic E-state index is -0.496. The summed E-state index contributed by atoms with van der Waals surface area (Å²) < 4.78 is 10.2. The smallest absolute Gasteiger partial charge is 0.132 e. The molecule has 1 unspecified atom stereocenters. The van der Waals surface area contributed by atoms with Gasteiger partial charge in [-0.15, -0.1) is 0 Å². The Hall–Kier alpha value is -0.800. The fourth-order valence-corrected chi connectivity index (χ4v) is 1.20. The molecule has 3 nitrogen and oxygen atoms in total. The summed E-state index contributed by atoms with van der Waals surface area (Å²) in [4.78, 5) is 0. The Labute approximate surface area is 78.3 Å². The molecule has 1 aromatic heterocycles. The molecule has 0 saturated heterocycles. The first-order valence-electron chi connectivity index (χ1n) is 4.47. The van der Waals surface area contributed by atoms with E-state index in [1.807, 2.05) is 19.1 Å². The topological polar surface area (TPSA) is 42.6 Å². The molecule has 0 amide bonds. The van der Waals surface area contributed by atoms with Crippen molar-refractivity contribution in [3.63, 3.8) is 0 Å². The lowest BCUT2D eigenvalue weighted by Gasteiger charge is -2.06. The van der Waals surface area contributed by atoms with Gasteiger partial charge < -0.3 is 14.3 Å². The van der Waals surface area contributed by atoms with E-state index in [4.69, 9.17) is 9.15 Å². The molecule has 0 spiro atoms. The van der Waals surface area contributed by atoms with Gasteiger partial charge in [0.1, 0.15) is 17.6 Å². The predicted octanol–water partition coefficient (Wildman–Crippen LogP) is 2.05. The van der Waals surface area contributed by atoms with Crippen molar-refractivity contribution < 1.29 is 14.3 Å². The van der Waals surface area contributed by atoms with E-state index in [-0.39, 0.29) is 0 Å². The Kier molecular flexibility index (Phi) is 3.99. The lowest BCUT2D eigenvalue weighted by atomic mass is 10.1. The number of hydrogen-bond acceptors (Lipinski definition) is 3. The average molecular weight is 184 g/mol. The van der Waals surface area contributed by atoms with Crippen LogP contribution >= 0.6 is 0 Å². The molecule has 3 heteroatoms. The first kappa shape index (κ1) is 10.3. The number of aliphatic hydroxyl groups excluding tert-OH is 1. The molecule has 0 aliphatic rings. The van der Waals surface area contributed by atoms with Gasteiger partial charge in [0.15, 0.2) is 0 Å². The number of aryl methyl sites for hydroxylation is 1. The van der Waals surface area contributed by atoms with Crippen LogP contribution < -0.4 is 0 Å². The molecule has 1 aromatic rings. The highest BCUT2D eigenvalue weighted by atomic mass is 16.5. The van der Waals surface area contributed by atoms with Crippen molar-refractivity contribution in [3.8, 4) is 0 Å². The lowest BCUT2D eigenvalue weighted by molar-refractivity contribution is 0.117. The Morgan fingerprint density at radius 2 is 2.31 bits per heavy atom. The van der Waals surface area contributed by atoms with Gasteiger partial charge in [-0.25, -0.2) is 0 Å². The molecule has 0 aliphatic carbocycles. The molecule has 0 radical (unpaired) electrons. The van der Waals surface area contributed by atoms with Crippen molar-refractivity contribution in [1.29, 1.82) is 0 Å². The normalized spacial score (nSPS) is 13.2. The van der Waals surface area contributed by atoms with Crippen LogP contribution in [-0.2, 0) is 4.74 Å². The second-order valence-corrected chi connectivity index (χ2v) is 3.10. The fourth-order valence-electron chi connectivity index (χ4n) is 1.20. The van der Waals surface area contributed by atoms with E-state index in [1.165, 1.54) is 0 Å². The van der Waals surface area contributed by atoms with Gasteiger partial charge in [0.25, 0.3) is 0 Å². The first-order chi connectivity index (χ1) is 6.24. The van der Waals surface area contributed by atoms with Crippen molar-refractivity contribution in [2.75, 3.05) is 13.7 Å². The molecule has 1 atom stereocenters. The molecule has 0 bridgehead atoms. The molecular weight excluding hydrogens is 168 g/mol. The van der Waals surface area contributed by atoms with Gasteiger partial charge >= 0.3 is 0 Å². The van der Waals surface area contributed by atoms with E-state index in [9.17, 15) is 5.11 Å². The SMILES string of the molecule is COCCCC(O)c1ccc(C)o1. The predicted molar refractivity (Wildman–Crippen MR) is 49.5 cm³/mol. The van der Waals surface area contributed by atoms with E-state index < -0.39 is 6.10 Å². The highest BCUT2D eigenvalue weighted by Gasteiger charge is 2.10. The Morgan fingerprint density at radius 3 is 2.85 bits per heavy atom. The van der Waals surface area contributed by atoms with E-state index in [0.29, 0.717) is 18.8 Å². The third-order valence-electron chi connectivity index (χ3n) is 1.92. The lowest BCUT2D eigenvalue weighted by Crippen LogP contribution is -1.98. The standard InChI is InChI=1S/C10H16O3/c1-8-5-6-10(13-8)9(11)4-3-7-12-2/h5-6,9,11H,3-4,7H2,1-2H3. The number of aliphatic hydroxyl groups is 1. The van der Waals surface area contributed by atoms with Crippen LogP contribution in [0, 0.1) is 6.92 Å².